The van der Waals surface area contributed by atoms with Crippen molar-refractivity contribution in [3.8, 4) is 0 Å². The second-order valence-electron chi connectivity index (χ2n) is 5.87. The van der Waals surface area contributed by atoms with Crippen LogP contribution in [0.5, 0.6) is 0 Å². The molecule has 1 N–H and O–H groups in total. The molecule has 1 aliphatic rings. The number of rotatable bonds is 7. The van der Waals surface area contributed by atoms with Crippen LogP contribution in [0.1, 0.15) is 45.3 Å². The molecule has 3 nitrogen and oxygen atoms in total. The number of hydrogen-bond donors (Lipinski definition) is 1. The Labute approximate surface area is 136 Å². The van der Waals surface area contributed by atoms with E-state index in [1.807, 2.05) is 11.8 Å². The zero-order valence-corrected chi connectivity index (χ0v) is 15.0. The monoisotopic (exact) mass is 326 g/mol. The third-order valence-electron chi connectivity index (χ3n) is 4.42. The SMILES string of the molecule is CCC(C)C1NC(c2ccsc2)N(C(C)CCSC)C1=O. The summed E-state index contributed by atoms with van der Waals surface area (Å²) in [5, 5.41) is 7.81. The first-order chi connectivity index (χ1) is 10.1. The number of carbonyl (C=O) groups excluding carboxylic acids is 1. The zero-order valence-electron chi connectivity index (χ0n) is 13.3. The summed E-state index contributed by atoms with van der Waals surface area (Å²) < 4.78 is 0. The summed E-state index contributed by atoms with van der Waals surface area (Å²) in [6.45, 7) is 6.49. The lowest BCUT2D eigenvalue weighted by molar-refractivity contribution is -0.132. The number of hydrogen-bond acceptors (Lipinski definition) is 4. The van der Waals surface area contributed by atoms with E-state index in [2.05, 4.69) is 54.1 Å². The highest BCUT2D eigenvalue weighted by Crippen LogP contribution is 2.32. The van der Waals surface area contributed by atoms with Crippen LogP contribution in [0.15, 0.2) is 16.8 Å². The largest absolute Gasteiger partial charge is 0.319 e. The van der Waals surface area contributed by atoms with E-state index >= 15 is 0 Å². The minimum Gasteiger partial charge on any atom is -0.319 e. The van der Waals surface area contributed by atoms with Gasteiger partial charge in [-0.3, -0.25) is 10.1 Å². The molecule has 21 heavy (non-hydrogen) atoms. The molecule has 0 bridgehead atoms. The van der Waals surface area contributed by atoms with Crippen molar-refractivity contribution in [1.29, 1.82) is 0 Å². The summed E-state index contributed by atoms with van der Waals surface area (Å²) in [7, 11) is 0. The van der Waals surface area contributed by atoms with Gasteiger partial charge in [0.15, 0.2) is 0 Å². The molecule has 2 heterocycles. The van der Waals surface area contributed by atoms with Gasteiger partial charge in [-0.1, -0.05) is 20.3 Å². The summed E-state index contributed by atoms with van der Waals surface area (Å²) in [4.78, 5) is 15.0. The summed E-state index contributed by atoms with van der Waals surface area (Å²) in [5.41, 5.74) is 1.22. The molecule has 0 aliphatic carbocycles. The maximum absolute atomic E-state index is 12.9. The Morgan fingerprint density at radius 1 is 1.48 bits per heavy atom. The summed E-state index contributed by atoms with van der Waals surface area (Å²) in [6.07, 6.45) is 4.23. The smallest absolute Gasteiger partial charge is 0.241 e. The molecule has 1 aliphatic heterocycles. The van der Waals surface area contributed by atoms with Crippen LogP contribution in [0.25, 0.3) is 0 Å². The van der Waals surface area contributed by atoms with Crippen LogP contribution in [-0.4, -0.2) is 34.9 Å². The summed E-state index contributed by atoms with van der Waals surface area (Å²) in [5.74, 6) is 1.74. The van der Waals surface area contributed by atoms with E-state index in [1.165, 1.54) is 5.56 Å². The van der Waals surface area contributed by atoms with Crippen LogP contribution >= 0.6 is 23.1 Å². The van der Waals surface area contributed by atoms with Gasteiger partial charge in [0.25, 0.3) is 0 Å². The lowest BCUT2D eigenvalue weighted by atomic mass is 9.99. The maximum Gasteiger partial charge on any atom is 0.241 e. The Bertz CT molecular complexity index is 449. The molecule has 4 atom stereocenters. The average Bonchev–Trinajstić information content (AvgIpc) is 3.11. The number of nitrogens with one attached hydrogen (secondary N) is 1. The normalized spacial score (nSPS) is 25.3. The highest BCUT2D eigenvalue weighted by Gasteiger charge is 2.43. The van der Waals surface area contributed by atoms with E-state index in [0.29, 0.717) is 5.92 Å². The van der Waals surface area contributed by atoms with E-state index in [1.54, 1.807) is 11.3 Å². The molecule has 5 heteroatoms. The molecule has 1 aromatic rings. The Morgan fingerprint density at radius 3 is 2.81 bits per heavy atom. The molecule has 0 saturated carbocycles. The quantitative estimate of drug-likeness (QED) is 0.828. The fourth-order valence-electron chi connectivity index (χ4n) is 2.84. The van der Waals surface area contributed by atoms with Crippen LogP contribution in [0.2, 0.25) is 0 Å². The van der Waals surface area contributed by atoms with Crippen molar-refractivity contribution in [1.82, 2.24) is 10.2 Å². The van der Waals surface area contributed by atoms with Crippen LogP contribution in [0, 0.1) is 5.92 Å². The molecule has 1 fully saturated rings. The van der Waals surface area contributed by atoms with Crippen LogP contribution < -0.4 is 5.32 Å². The van der Waals surface area contributed by atoms with Crippen molar-refractivity contribution in [2.45, 2.75) is 51.9 Å². The maximum atomic E-state index is 12.9. The molecule has 118 valence electrons. The number of thiophene rings is 1. The molecular weight excluding hydrogens is 300 g/mol. The molecular formula is C16H26N2OS2. The summed E-state index contributed by atoms with van der Waals surface area (Å²) >= 11 is 3.54. The van der Waals surface area contributed by atoms with Gasteiger partial charge >= 0.3 is 0 Å². The molecule has 1 amide bonds. The Morgan fingerprint density at radius 2 is 2.24 bits per heavy atom. The third-order valence-corrected chi connectivity index (χ3v) is 5.77. The molecule has 1 saturated heterocycles. The number of nitrogens with zero attached hydrogens (tertiary/aromatic N) is 1. The highest BCUT2D eigenvalue weighted by atomic mass is 32.2. The van der Waals surface area contributed by atoms with E-state index in [0.717, 1.165) is 18.6 Å². The van der Waals surface area contributed by atoms with Gasteiger partial charge in [0.05, 0.1) is 6.04 Å². The Hall–Kier alpha value is -0.520. The topological polar surface area (TPSA) is 32.3 Å². The lowest BCUT2D eigenvalue weighted by Gasteiger charge is -2.30. The molecule has 0 aromatic carbocycles. The van der Waals surface area contributed by atoms with Crippen LogP contribution in [0.4, 0.5) is 0 Å². The standard InChI is InChI=1S/C16H26N2OS2/c1-5-11(2)14-16(19)18(12(3)6-8-20-4)15(17-14)13-7-9-21-10-13/h7,9-12,14-15,17H,5-6,8H2,1-4H3. The molecule has 0 radical (unpaired) electrons. The van der Waals surface area contributed by atoms with Crippen molar-refractivity contribution in [2.24, 2.45) is 5.92 Å². The van der Waals surface area contributed by atoms with Crippen molar-refractivity contribution in [2.75, 3.05) is 12.0 Å². The van der Waals surface area contributed by atoms with Gasteiger partial charge in [-0.15, -0.1) is 0 Å². The van der Waals surface area contributed by atoms with Crippen LogP contribution in [-0.2, 0) is 4.79 Å². The Balaban J connectivity index is 2.21. The van der Waals surface area contributed by atoms with Gasteiger partial charge in [-0.05, 0) is 53.7 Å². The van der Waals surface area contributed by atoms with Gasteiger partial charge in [0.2, 0.25) is 5.91 Å². The summed E-state index contributed by atoms with van der Waals surface area (Å²) in [6, 6.07) is 2.36. The fourth-order valence-corrected chi connectivity index (χ4v) is 4.10. The number of amides is 1. The van der Waals surface area contributed by atoms with E-state index in [9.17, 15) is 4.79 Å². The van der Waals surface area contributed by atoms with Crippen molar-refractivity contribution < 1.29 is 4.79 Å². The average molecular weight is 327 g/mol. The predicted octanol–water partition coefficient (Wildman–Crippen LogP) is 3.73. The van der Waals surface area contributed by atoms with Gasteiger partial charge in [0, 0.05) is 6.04 Å². The van der Waals surface area contributed by atoms with E-state index in [-0.39, 0.29) is 24.2 Å². The van der Waals surface area contributed by atoms with Crippen molar-refractivity contribution in [3.63, 3.8) is 0 Å². The predicted molar refractivity (Wildman–Crippen MR) is 92.7 cm³/mol. The van der Waals surface area contributed by atoms with Crippen molar-refractivity contribution >= 4 is 29.0 Å². The molecule has 1 aromatic heterocycles. The van der Waals surface area contributed by atoms with Crippen LogP contribution in [0.3, 0.4) is 0 Å². The molecule has 4 unspecified atom stereocenters. The highest BCUT2D eigenvalue weighted by molar-refractivity contribution is 7.98. The van der Waals surface area contributed by atoms with Crippen molar-refractivity contribution in [3.05, 3.63) is 22.4 Å². The lowest BCUT2D eigenvalue weighted by Crippen LogP contribution is -2.39. The van der Waals surface area contributed by atoms with E-state index in [4.69, 9.17) is 0 Å². The third kappa shape index (κ3) is 3.63. The van der Waals surface area contributed by atoms with Gasteiger partial charge in [0.1, 0.15) is 6.17 Å². The second-order valence-corrected chi connectivity index (χ2v) is 7.63. The van der Waals surface area contributed by atoms with Gasteiger partial charge < -0.3 is 4.90 Å². The fraction of sp³-hybridized carbons (Fsp3) is 0.688. The van der Waals surface area contributed by atoms with Gasteiger partial charge in [-0.2, -0.15) is 23.1 Å². The van der Waals surface area contributed by atoms with E-state index < -0.39 is 0 Å². The first-order valence-electron chi connectivity index (χ1n) is 7.69. The zero-order chi connectivity index (χ0) is 15.4. The second kappa shape index (κ2) is 7.65. The molecule has 0 spiro atoms. The number of carbonyl (C=O) groups is 1. The Kier molecular flexibility index (Phi) is 6.14. The first-order valence-corrected chi connectivity index (χ1v) is 10.0. The van der Waals surface area contributed by atoms with Gasteiger partial charge in [-0.25, -0.2) is 0 Å². The minimum absolute atomic E-state index is 0.0413. The minimum atomic E-state index is -0.0448. The number of thioether (sulfide) groups is 1. The molecule has 2 rings (SSSR count). The first kappa shape index (κ1) is 16.8.